The fourth-order valence-corrected chi connectivity index (χ4v) is 4.02. The van der Waals surface area contributed by atoms with E-state index >= 15 is 0 Å². The lowest BCUT2D eigenvalue weighted by molar-refractivity contribution is 0.0457. The Kier molecular flexibility index (Phi) is 12.4. The molecular formula is C19H42N2. The quantitative estimate of drug-likeness (QED) is 0.442. The maximum Gasteiger partial charge on any atom is 0.0357 e. The molecule has 0 aromatic rings. The van der Waals surface area contributed by atoms with E-state index in [1.165, 1.54) is 51.4 Å². The van der Waals surface area contributed by atoms with Crippen LogP contribution in [0.5, 0.6) is 0 Å². The highest BCUT2D eigenvalue weighted by Gasteiger charge is 2.38. The first-order chi connectivity index (χ1) is 10.2. The van der Waals surface area contributed by atoms with E-state index in [9.17, 15) is 0 Å². The van der Waals surface area contributed by atoms with Gasteiger partial charge in [0.2, 0.25) is 0 Å². The smallest absolute Gasteiger partial charge is 0.0357 e. The third-order valence-electron chi connectivity index (χ3n) is 5.31. The molecule has 0 saturated heterocycles. The summed E-state index contributed by atoms with van der Waals surface area (Å²) in [4.78, 5) is 2.70. The molecule has 0 bridgehead atoms. The van der Waals surface area contributed by atoms with Crippen molar-refractivity contribution in [3.05, 3.63) is 0 Å². The maximum absolute atomic E-state index is 3.82. The number of rotatable bonds is 14. The Morgan fingerprint density at radius 3 is 1.81 bits per heavy atom. The fraction of sp³-hybridized carbons (Fsp3) is 1.00. The summed E-state index contributed by atoms with van der Waals surface area (Å²) in [6.07, 6.45) is 10.7. The zero-order valence-corrected chi connectivity index (χ0v) is 15.8. The van der Waals surface area contributed by atoms with E-state index < -0.39 is 0 Å². The molecule has 0 aromatic carbocycles. The van der Waals surface area contributed by atoms with E-state index in [2.05, 4.69) is 51.8 Å². The highest BCUT2D eigenvalue weighted by molar-refractivity contribution is 4.98. The molecule has 21 heavy (non-hydrogen) atoms. The van der Waals surface area contributed by atoms with Crippen molar-refractivity contribution in [1.29, 1.82) is 0 Å². The summed E-state index contributed by atoms with van der Waals surface area (Å²) in [6, 6.07) is 0.638. The molecule has 0 aliphatic carbocycles. The van der Waals surface area contributed by atoms with Crippen molar-refractivity contribution in [2.75, 3.05) is 19.6 Å². The maximum atomic E-state index is 3.82. The van der Waals surface area contributed by atoms with Gasteiger partial charge < -0.3 is 5.32 Å². The number of hydrogen-bond acceptors (Lipinski definition) is 2. The molecule has 128 valence electrons. The molecule has 0 radical (unpaired) electrons. The predicted octanol–water partition coefficient (Wildman–Crippen LogP) is 5.23. The van der Waals surface area contributed by atoms with Crippen LogP contribution in [-0.2, 0) is 0 Å². The summed E-state index contributed by atoms with van der Waals surface area (Å²) in [6.45, 7) is 17.3. The van der Waals surface area contributed by atoms with E-state index in [0.29, 0.717) is 11.6 Å². The van der Waals surface area contributed by atoms with Crippen molar-refractivity contribution in [3.63, 3.8) is 0 Å². The average Bonchev–Trinajstić information content (AvgIpc) is 2.51. The van der Waals surface area contributed by atoms with Gasteiger partial charge in [-0.2, -0.15) is 0 Å². The van der Waals surface area contributed by atoms with Crippen LogP contribution in [0, 0.1) is 0 Å². The van der Waals surface area contributed by atoms with Crippen molar-refractivity contribution >= 4 is 0 Å². The van der Waals surface area contributed by atoms with Crippen molar-refractivity contribution in [2.24, 2.45) is 0 Å². The van der Waals surface area contributed by atoms with Gasteiger partial charge in [0.25, 0.3) is 0 Å². The van der Waals surface area contributed by atoms with Gasteiger partial charge >= 0.3 is 0 Å². The molecule has 0 spiro atoms. The van der Waals surface area contributed by atoms with Crippen LogP contribution >= 0.6 is 0 Å². The van der Waals surface area contributed by atoms with Gasteiger partial charge in [0, 0.05) is 11.6 Å². The molecule has 1 atom stereocenters. The van der Waals surface area contributed by atoms with Gasteiger partial charge in [0.15, 0.2) is 0 Å². The number of hydrogen-bond donors (Lipinski definition) is 1. The second kappa shape index (κ2) is 12.5. The van der Waals surface area contributed by atoms with Crippen LogP contribution in [0.25, 0.3) is 0 Å². The minimum atomic E-state index is 0.338. The molecule has 0 rings (SSSR count). The van der Waals surface area contributed by atoms with E-state index in [0.717, 1.165) is 19.6 Å². The van der Waals surface area contributed by atoms with E-state index in [-0.39, 0.29) is 0 Å². The Hall–Kier alpha value is -0.0800. The van der Waals surface area contributed by atoms with Crippen LogP contribution in [0.2, 0.25) is 0 Å². The van der Waals surface area contributed by atoms with Crippen molar-refractivity contribution in [2.45, 2.75) is 104 Å². The second-order valence-electron chi connectivity index (χ2n) is 6.30. The molecule has 0 amide bonds. The second-order valence-corrected chi connectivity index (χ2v) is 6.30. The van der Waals surface area contributed by atoms with E-state index in [1.54, 1.807) is 0 Å². The standard InChI is InChI=1S/C19H42N2/c1-7-13-14-15-16-17-18(20-10-4)19(8-2,9-3)21(11-5)12-6/h18,20H,7-17H2,1-6H3. The highest BCUT2D eigenvalue weighted by atomic mass is 15.2. The molecular weight excluding hydrogens is 256 g/mol. The lowest BCUT2D eigenvalue weighted by atomic mass is 9.79. The summed E-state index contributed by atoms with van der Waals surface area (Å²) in [7, 11) is 0. The lowest BCUT2D eigenvalue weighted by Crippen LogP contribution is -2.60. The molecule has 0 aliphatic rings. The number of unbranched alkanes of at least 4 members (excludes halogenated alkanes) is 4. The van der Waals surface area contributed by atoms with Crippen molar-refractivity contribution in [1.82, 2.24) is 10.2 Å². The lowest BCUT2D eigenvalue weighted by Gasteiger charge is -2.48. The van der Waals surface area contributed by atoms with Crippen LogP contribution in [0.3, 0.4) is 0 Å². The summed E-state index contributed by atoms with van der Waals surface area (Å²) in [5.41, 5.74) is 0.338. The summed E-state index contributed by atoms with van der Waals surface area (Å²) < 4.78 is 0. The number of likely N-dealkylation sites (N-methyl/N-ethyl adjacent to an activating group) is 2. The Balaban J connectivity index is 4.80. The number of nitrogens with zero attached hydrogens (tertiary/aromatic N) is 1. The first kappa shape index (κ1) is 20.9. The normalized spacial score (nSPS) is 13.9. The average molecular weight is 299 g/mol. The third-order valence-corrected chi connectivity index (χ3v) is 5.31. The predicted molar refractivity (Wildman–Crippen MR) is 97.1 cm³/mol. The molecule has 2 heteroatoms. The van der Waals surface area contributed by atoms with Crippen LogP contribution < -0.4 is 5.32 Å². The Morgan fingerprint density at radius 2 is 1.38 bits per heavy atom. The van der Waals surface area contributed by atoms with Crippen LogP contribution in [0.15, 0.2) is 0 Å². The minimum Gasteiger partial charge on any atom is -0.312 e. The van der Waals surface area contributed by atoms with E-state index in [1.807, 2.05) is 0 Å². The molecule has 0 heterocycles. The van der Waals surface area contributed by atoms with Crippen molar-refractivity contribution in [3.8, 4) is 0 Å². The molecule has 0 aliphatic heterocycles. The third kappa shape index (κ3) is 6.28. The van der Waals surface area contributed by atoms with E-state index in [4.69, 9.17) is 0 Å². The minimum absolute atomic E-state index is 0.338. The molecule has 0 aromatic heterocycles. The largest absolute Gasteiger partial charge is 0.312 e. The Bertz CT molecular complexity index is 220. The van der Waals surface area contributed by atoms with Crippen LogP contribution in [-0.4, -0.2) is 36.1 Å². The summed E-state index contributed by atoms with van der Waals surface area (Å²) >= 11 is 0. The fourth-order valence-electron chi connectivity index (χ4n) is 4.02. The van der Waals surface area contributed by atoms with Crippen LogP contribution in [0.4, 0.5) is 0 Å². The molecule has 0 saturated carbocycles. The first-order valence-corrected chi connectivity index (χ1v) is 9.64. The topological polar surface area (TPSA) is 15.3 Å². The Labute approximate surface area is 135 Å². The Morgan fingerprint density at radius 1 is 0.810 bits per heavy atom. The molecule has 1 N–H and O–H groups in total. The van der Waals surface area contributed by atoms with Gasteiger partial charge in [-0.15, -0.1) is 0 Å². The molecule has 1 unspecified atom stereocenters. The van der Waals surface area contributed by atoms with Gasteiger partial charge in [0.1, 0.15) is 0 Å². The zero-order valence-electron chi connectivity index (χ0n) is 15.8. The van der Waals surface area contributed by atoms with Gasteiger partial charge in [0.05, 0.1) is 0 Å². The molecule has 0 fully saturated rings. The van der Waals surface area contributed by atoms with Gasteiger partial charge in [-0.25, -0.2) is 0 Å². The number of nitrogens with one attached hydrogen (secondary N) is 1. The first-order valence-electron chi connectivity index (χ1n) is 9.64. The summed E-state index contributed by atoms with van der Waals surface area (Å²) in [5, 5.41) is 3.82. The monoisotopic (exact) mass is 298 g/mol. The SMILES string of the molecule is CCCCCCCC(NCC)C(CC)(CC)N(CC)CC. The van der Waals surface area contributed by atoms with Crippen molar-refractivity contribution < 1.29 is 0 Å². The summed E-state index contributed by atoms with van der Waals surface area (Å²) in [5.74, 6) is 0. The van der Waals surface area contributed by atoms with Gasteiger partial charge in [-0.05, 0) is 38.9 Å². The zero-order chi connectivity index (χ0) is 16.1. The van der Waals surface area contributed by atoms with Crippen LogP contribution in [0.1, 0.15) is 92.9 Å². The van der Waals surface area contributed by atoms with Gasteiger partial charge in [-0.3, -0.25) is 4.90 Å². The molecule has 2 nitrogen and oxygen atoms in total. The van der Waals surface area contributed by atoms with Gasteiger partial charge in [-0.1, -0.05) is 73.6 Å². The highest BCUT2D eigenvalue weighted by Crippen LogP contribution is 2.31.